The van der Waals surface area contributed by atoms with Gasteiger partial charge >= 0.3 is 271 Å². The fraction of sp³-hybridized carbons (Fsp3) is 0.333. The van der Waals surface area contributed by atoms with Gasteiger partial charge in [0.25, 0.3) is 0 Å². The molecule has 0 radical (unpaired) electrons. The number of unbranched alkanes of at least 4 members (excludes halogenated alkanes) is 6. The summed E-state index contributed by atoms with van der Waals surface area (Å²) in [7, 11) is 0. The van der Waals surface area contributed by atoms with Crippen molar-refractivity contribution in [2.75, 3.05) is 0 Å². The summed E-state index contributed by atoms with van der Waals surface area (Å²) in [6.07, 6.45) is 18.1. The second-order valence-corrected chi connectivity index (χ2v) is 36.3. The van der Waals surface area contributed by atoms with Crippen molar-refractivity contribution in [3.63, 3.8) is 0 Å². The Kier molecular flexibility index (Phi) is 13.2. The van der Waals surface area contributed by atoms with Crippen LogP contribution in [0.4, 0.5) is 0 Å². The molecule has 46 heavy (non-hydrogen) atoms. The van der Waals surface area contributed by atoms with Crippen LogP contribution in [0.1, 0.15) is 108 Å². The Bertz CT molecular complexity index is 1580. The van der Waals surface area contributed by atoms with Gasteiger partial charge in [-0.1, -0.05) is 0 Å². The first kappa shape index (κ1) is 36.9. The third-order valence-corrected chi connectivity index (χ3v) is 38.7. The molecule has 0 saturated heterocycles. The molecular weight excluding hydrogens is 695 g/mol. The zero-order valence-electron chi connectivity index (χ0n) is 27.8. The van der Waals surface area contributed by atoms with Crippen molar-refractivity contribution < 1.29 is 17.4 Å². The standard InChI is InChI=1S/2C15H19.2C6H5.2ClH.H2Si.Zr/c2*1-2-3-4-5-8-13-11-14-9-6-7-10-15(14)12-13;2*1-2-4-6-5-3-1;;;;/h2*6-7,9-12H,2-5,8H2,1H3;2*1-5H;2*1H;1H2;. The molecule has 0 aliphatic heterocycles. The fourth-order valence-electron chi connectivity index (χ4n) is 8.94. The predicted octanol–water partition coefficient (Wildman–Crippen LogP) is 10.9. The largest absolute Gasteiger partial charge is 0.147 e. The van der Waals surface area contributed by atoms with E-state index >= 15 is 0 Å². The topological polar surface area (TPSA) is 0 Å². The van der Waals surface area contributed by atoms with E-state index < -0.39 is 17.4 Å². The molecule has 0 heterocycles. The summed E-state index contributed by atoms with van der Waals surface area (Å²) in [5.74, 6) is 0. The number of benzene rings is 4. The van der Waals surface area contributed by atoms with Crippen molar-refractivity contribution in [3.05, 3.63) is 143 Å². The van der Waals surface area contributed by atoms with E-state index in [0.717, 1.165) is 0 Å². The van der Waals surface area contributed by atoms with Gasteiger partial charge in [0.1, 0.15) is 0 Å². The molecule has 2 aliphatic rings. The van der Waals surface area contributed by atoms with Crippen molar-refractivity contribution in [1.29, 1.82) is 0 Å². The third kappa shape index (κ3) is 6.54. The number of hydrogen-bond donors (Lipinski definition) is 0. The molecule has 2 unspecified atom stereocenters. The first-order valence-corrected chi connectivity index (χ1v) is 28.6. The minimum Gasteiger partial charge on any atom is -0.147 e. The van der Waals surface area contributed by atoms with E-state index in [1.165, 1.54) is 75.3 Å². The second kappa shape index (κ2) is 16.4. The van der Waals surface area contributed by atoms with Crippen LogP contribution < -0.4 is 6.54 Å². The quantitative estimate of drug-likeness (QED) is 0.0890. The Balaban J connectivity index is 0.00000240. The van der Waals surface area contributed by atoms with Crippen molar-refractivity contribution in [1.82, 2.24) is 0 Å². The van der Waals surface area contributed by atoms with Crippen LogP contribution in [0.3, 0.4) is 0 Å². The SMILES string of the molecule is CCCCCCC1=Cc2ccccc2[CH]1[Zr](=[SiH2])([c]1ccccc1)([c]1ccccc1)[CH]1C(CCCCCC)=Cc2ccccc21.Cl.Cl. The van der Waals surface area contributed by atoms with Crippen molar-refractivity contribution >= 4 is 50.4 Å². The molecule has 0 fully saturated rings. The third-order valence-electron chi connectivity index (χ3n) is 10.9. The maximum atomic E-state index is 2.63. The summed E-state index contributed by atoms with van der Waals surface area (Å²) in [5.41, 5.74) is 9.49. The molecule has 2 aliphatic carbocycles. The van der Waals surface area contributed by atoms with E-state index in [9.17, 15) is 0 Å². The van der Waals surface area contributed by atoms with E-state index in [-0.39, 0.29) is 24.8 Å². The number of halogens is 2. The van der Waals surface area contributed by atoms with E-state index in [1.807, 2.05) is 0 Å². The zero-order valence-corrected chi connectivity index (χ0v) is 33.3. The smallest absolute Gasteiger partial charge is 0.147 e. The first-order valence-electron chi connectivity index (χ1n) is 17.3. The first-order chi connectivity index (χ1) is 21.6. The van der Waals surface area contributed by atoms with E-state index in [4.69, 9.17) is 0 Å². The fourth-order valence-corrected chi connectivity index (χ4v) is 37.2. The van der Waals surface area contributed by atoms with Gasteiger partial charge in [-0.2, -0.15) is 0 Å². The summed E-state index contributed by atoms with van der Waals surface area (Å²) in [5, 5.41) is 0. The summed E-state index contributed by atoms with van der Waals surface area (Å²) in [6, 6.07) is 42.8. The predicted molar refractivity (Wildman–Crippen MR) is 207 cm³/mol. The number of hydrogen-bond acceptors (Lipinski definition) is 0. The summed E-state index contributed by atoms with van der Waals surface area (Å²) in [4.78, 5) is 0. The number of rotatable bonds is 14. The molecule has 0 aromatic heterocycles. The van der Waals surface area contributed by atoms with Crippen molar-refractivity contribution in [2.24, 2.45) is 0 Å². The van der Waals surface area contributed by atoms with Gasteiger partial charge < -0.3 is 0 Å². The molecule has 4 heteroatoms. The van der Waals surface area contributed by atoms with Gasteiger partial charge in [-0.3, -0.25) is 0 Å². The molecule has 0 amide bonds. The average Bonchev–Trinajstić information content (AvgIpc) is 3.65. The van der Waals surface area contributed by atoms with Crippen molar-refractivity contribution in [3.8, 4) is 0 Å². The second-order valence-electron chi connectivity index (χ2n) is 13.5. The molecule has 0 N–H and O–H groups in total. The summed E-state index contributed by atoms with van der Waals surface area (Å²) < 4.78 is 4.15. The molecule has 0 nitrogen and oxygen atoms in total. The van der Waals surface area contributed by atoms with Crippen LogP contribution >= 0.6 is 24.8 Å². The molecule has 4 aromatic rings. The normalized spacial score (nSPS) is 16.8. The molecule has 6 rings (SSSR count). The van der Waals surface area contributed by atoms with Crippen LogP contribution in [0.25, 0.3) is 12.2 Å². The van der Waals surface area contributed by atoms with Crippen LogP contribution in [0.5, 0.6) is 0 Å². The Morgan fingerprint density at radius 2 is 0.848 bits per heavy atom. The number of fused-ring (bicyclic) bond motifs is 2. The number of allylic oxidation sites excluding steroid dienone is 2. The molecule has 242 valence electrons. The Labute approximate surface area is 293 Å². The van der Waals surface area contributed by atoms with E-state index in [0.29, 0.717) is 7.25 Å². The summed E-state index contributed by atoms with van der Waals surface area (Å²) >= 11 is -4.50. The molecule has 4 aromatic carbocycles. The van der Waals surface area contributed by atoms with Gasteiger partial charge in [0.15, 0.2) is 0 Å². The zero-order chi connectivity index (χ0) is 30.4. The van der Waals surface area contributed by atoms with Gasteiger partial charge in [0, 0.05) is 0 Å². The maximum absolute atomic E-state index is 4.50. The van der Waals surface area contributed by atoms with Crippen molar-refractivity contribution in [2.45, 2.75) is 85.3 Å². The van der Waals surface area contributed by atoms with Crippen LogP contribution in [-0.4, -0.2) is 6.88 Å². The Morgan fingerprint density at radius 3 is 1.24 bits per heavy atom. The van der Waals surface area contributed by atoms with Gasteiger partial charge in [-0.15, -0.1) is 24.8 Å². The van der Waals surface area contributed by atoms with Gasteiger partial charge in [-0.25, -0.2) is 0 Å². The summed E-state index contributed by atoms with van der Waals surface area (Å²) in [6.45, 7) is 7.18. The average molecular weight is 747 g/mol. The van der Waals surface area contributed by atoms with E-state index in [1.54, 1.807) is 28.8 Å². The molecule has 0 spiro atoms. The molecule has 0 bridgehead atoms. The van der Waals surface area contributed by atoms with Gasteiger partial charge in [-0.05, 0) is 0 Å². The minimum absolute atomic E-state index is 0. The Hall–Kier alpha value is -1.96. The van der Waals surface area contributed by atoms with Gasteiger partial charge in [0.05, 0.1) is 0 Å². The Morgan fingerprint density at radius 1 is 0.478 bits per heavy atom. The van der Waals surface area contributed by atoms with Gasteiger partial charge in [0.2, 0.25) is 0 Å². The monoisotopic (exact) mass is 744 g/mol. The van der Waals surface area contributed by atoms with E-state index in [2.05, 4.69) is 142 Å². The maximum Gasteiger partial charge on any atom is -0.147 e. The van der Waals surface area contributed by atoms with Crippen LogP contribution in [0.15, 0.2) is 120 Å². The molecular formula is C42H52Cl2SiZr. The minimum atomic E-state index is -4.50. The van der Waals surface area contributed by atoms with Crippen LogP contribution in [-0.2, 0) is 17.4 Å². The van der Waals surface area contributed by atoms with Crippen LogP contribution in [0, 0.1) is 0 Å². The molecule has 2 atom stereocenters. The molecule has 0 saturated carbocycles. The van der Waals surface area contributed by atoms with Crippen LogP contribution in [0.2, 0.25) is 0 Å².